The predicted octanol–water partition coefficient (Wildman–Crippen LogP) is 1.04. The van der Waals surface area contributed by atoms with Crippen LogP contribution in [-0.2, 0) is 19.0 Å². The van der Waals surface area contributed by atoms with Crippen molar-refractivity contribution in [2.75, 3.05) is 13.2 Å². The number of fused-ring (bicyclic) bond motifs is 1. The zero-order chi connectivity index (χ0) is 25.8. The molecule has 0 aromatic heterocycles. The van der Waals surface area contributed by atoms with Crippen LogP contribution in [0.5, 0.6) is 0 Å². The van der Waals surface area contributed by atoms with Crippen molar-refractivity contribution < 1.29 is 44.5 Å². The SMILES string of the molecule is CC1CCC2C(C)(C)C(O[C@@H]3O[C@H](CO)[C@@H](O)[C@H](O)[C@H]3O)CCC2(C)C1(O)CCC1=CCOC1=O. The highest BCUT2D eigenvalue weighted by Gasteiger charge is 2.64. The van der Waals surface area contributed by atoms with Crippen molar-refractivity contribution >= 4 is 5.97 Å². The van der Waals surface area contributed by atoms with Gasteiger partial charge in [-0.1, -0.05) is 27.7 Å². The van der Waals surface area contributed by atoms with E-state index in [1.807, 2.05) is 0 Å². The molecule has 35 heavy (non-hydrogen) atoms. The highest BCUT2D eigenvalue weighted by Crippen LogP contribution is 2.64. The van der Waals surface area contributed by atoms with Crippen molar-refractivity contribution in [2.45, 2.75) is 109 Å². The van der Waals surface area contributed by atoms with Gasteiger partial charge in [0.15, 0.2) is 6.29 Å². The number of rotatable bonds is 6. The molecule has 0 aromatic rings. The fraction of sp³-hybridized carbons (Fsp3) is 0.885. The van der Waals surface area contributed by atoms with E-state index in [1.54, 1.807) is 6.08 Å². The lowest BCUT2D eigenvalue weighted by molar-refractivity contribution is -0.332. The van der Waals surface area contributed by atoms with Gasteiger partial charge in [0, 0.05) is 11.0 Å². The zero-order valence-electron chi connectivity index (χ0n) is 21.2. The van der Waals surface area contributed by atoms with Crippen molar-refractivity contribution in [1.82, 2.24) is 0 Å². The first-order valence-electron chi connectivity index (χ1n) is 12.9. The van der Waals surface area contributed by atoms with Gasteiger partial charge in [-0.15, -0.1) is 0 Å². The molecule has 4 aliphatic rings. The Morgan fingerprint density at radius 1 is 1.09 bits per heavy atom. The lowest BCUT2D eigenvalue weighted by Crippen LogP contribution is -2.66. The number of aliphatic hydroxyl groups excluding tert-OH is 4. The standard InChI is InChI=1S/C26H42O9/c1-14-5-6-17-24(2,3)18(35-23-21(30)20(29)19(28)16(13-27)34-23)8-10-25(17,4)26(14,32)11-7-15-9-12-33-22(15)31/h9,14,16-21,23,27-30,32H,5-8,10-13H2,1-4H3/t14?,16-,17?,18?,19-,20+,21-,23+,25?,26?/m1/s1. The van der Waals surface area contributed by atoms with Crippen LogP contribution in [0, 0.1) is 22.7 Å². The molecule has 0 aromatic carbocycles. The van der Waals surface area contributed by atoms with Gasteiger partial charge in [0.05, 0.1) is 18.3 Å². The highest BCUT2D eigenvalue weighted by molar-refractivity contribution is 5.90. The molecule has 10 atom stereocenters. The zero-order valence-corrected chi connectivity index (χ0v) is 21.2. The number of cyclic esters (lactones) is 1. The van der Waals surface area contributed by atoms with Gasteiger partial charge in [0.25, 0.3) is 0 Å². The Hall–Kier alpha value is -1.07. The molecule has 1 saturated heterocycles. The van der Waals surface area contributed by atoms with Crippen LogP contribution in [-0.4, -0.2) is 87.1 Å². The van der Waals surface area contributed by atoms with Gasteiger partial charge in [-0.05, 0) is 61.9 Å². The largest absolute Gasteiger partial charge is 0.458 e. The van der Waals surface area contributed by atoms with Crippen LogP contribution < -0.4 is 0 Å². The minimum absolute atomic E-state index is 0.0699. The Kier molecular flexibility index (Phi) is 7.45. The number of carbonyl (C=O) groups excluding carboxylic acids is 1. The molecule has 5 unspecified atom stereocenters. The summed E-state index contributed by atoms with van der Waals surface area (Å²) in [7, 11) is 0. The molecule has 2 heterocycles. The summed E-state index contributed by atoms with van der Waals surface area (Å²) in [5.41, 5.74) is -1.14. The second kappa shape index (κ2) is 9.67. The van der Waals surface area contributed by atoms with E-state index >= 15 is 0 Å². The van der Waals surface area contributed by atoms with E-state index < -0.39 is 53.7 Å². The Morgan fingerprint density at radius 2 is 1.80 bits per heavy atom. The van der Waals surface area contributed by atoms with Crippen molar-refractivity contribution in [3.8, 4) is 0 Å². The highest BCUT2D eigenvalue weighted by atomic mass is 16.7. The van der Waals surface area contributed by atoms with Crippen LogP contribution in [0.15, 0.2) is 11.6 Å². The number of carbonyl (C=O) groups is 1. The Balaban J connectivity index is 1.53. The van der Waals surface area contributed by atoms with Gasteiger partial charge in [0.2, 0.25) is 0 Å². The summed E-state index contributed by atoms with van der Waals surface area (Å²) in [6.07, 6.45) is -1.08. The van der Waals surface area contributed by atoms with E-state index in [1.165, 1.54) is 0 Å². The molecule has 0 radical (unpaired) electrons. The molecule has 200 valence electrons. The lowest BCUT2D eigenvalue weighted by atomic mass is 9.43. The van der Waals surface area contributed by atoms with E-state index in [2.05, 4.69) is 27.7 Å². The lowest BCUT2D eigenvalue weighted by Gasteiger charge is -2.64. The van der Waals surface area contributed by atoms with Gasteiger partial charge >= 0.3 is 5.97 Å². The van der Waals surface area contributed by atoms with Crippen LogP contribution in [0.2, 0.25) is 0 Å². The van der Waals surface area contributed by atoms with E-state index in [-0.39, 0.29) is 23.9 Å². The number of ether oxygens (including phenoxy) is 3. The summed E-state index contributed by atoms with van der Waals surface area (Å²) in [5.74, 6) is -0.124. The van der Waals surface area contributed by atoms with Gasteiger partial charge in [0.1, 0.15) is 31.0 Å². The third kappa shape index (κ3) is 4.37. The summed E-state index contributed by atoms with van der Waals surface area (Å²) in [4.78, 5) is 12.0. The first-order valence-corrected chi connectivity index (χ1v) is 12.9. The number of aliphatic hydroxyl groups is 5. The second-order valence-electron chi connectivity index (χ2n) is 11.9. The first kappa shape index (κ1) is 27.0. The summed E-state index contributed by atoms with van der Waals surface area (Å²) in [6, 6.07) is 0. The smallest absolute Gasteiger partial charge is 0.334 e. The number of esters is 1. The fourth-order valence-corrected chi connectivity index (χ4v) is 7.49. The maximum absolute atomic E-state index is 12.2. The average molecular weight is 499 g/mol. The van der Waals surface area contributed by atoms with E-state index in [9.17, 15) is 30.3 Å². The second-order valence-corrected chi connectivity index (χ2v) is 11.9. The number of hydrogen-bond donors (Lipinski definition) is 5. The van der Waals surface area contributed by atoms with Crippen molar-refractivity contribution in [3.63, 3.8) is 0 Å². The normalized spacial score (nSPS) is 47.7. The Labute approximate surface area is 207 Å². The summed E-state index contributed by atoms with van der Waals surface area (Å²) in [5, 5.41) is 52.5. The molecule has 2 aliphatic heterocycles. The van der Waals surface area contributed by atoms with Crippen LogP contribution in [0.25, 0.3) is 0 Å². The topological polar surface area (TPSA) is 146 Å². The monoisotopic (exact) mass is 498 g/mol. The molecule has 2 saturated carbocycles. The fourth-order valence-electron chi connectivity index (χ4n) is 7.49. The van der Waals surface area contributed by atoms with Crippen LogP contribution in [0.1, 0.15) is 66.2 Å². The number of hydrogen-bond acceptors (Lipinski definition) is 9. The Morgan fingerprint density at radius 3 is 2.43 bits per heavy atom. The molecule has 2 aliphatic carbocycles. The van der Waals surface area contributed by atoms with Gasteiger partial charge in [-0.25, -0.2) is 4.79 Å². The van der Waals surface area contributed by atoms with E-state index in [4.69, 9.17) is 14.2 Å². The van der Waals surface area contributed by atoms with Gasteiger partial charge < -0.3 is 39.7 Å². The Bertz CT molecular complexity index is 826. The molecular formula is C26H42O9. The van der Waals surface area contributed by atoms with Crippen LogP contribution >= 0.6 is 0 Å². The molecule has 5 N–H and O–H groups in total. The predicted molar refractivity (Wildman–Crippen MR) is 125 cm³/mol. The van der Waals surface area contributed by atoms with E-state index in [0.29, 0.717) is 37.9 Å². The average Bonchev–Trinajstić information content (AvgIpc) is 3.22. The molecule has 3 fully saturated rings. The van der Waals surface area contributed by atoms with Gasteiger partial charge in [-0.2, -0.15) is 0 Å². The molecule has 0 amide bonds. The molecule has 9 heteroatoms. The minimum atomic E-state index is -1.49. The van der Waals surface area contributed by atoms with Crippen molar-refractivity contribution in [1.29, 1.82) is 0 Å². The van der Waals surface area contributed by atoms with Crippen molar-refractivity contribution in [3.05, 3.63) is 11.6 Å². The quantitative estimate of drug-likeness (QED) is 0.268. The molecular weight excluding hydrogens is 456 g/mol. The summed E-state index contributed by atoms with van der Waals surface area (Å²) >= 11 is 0. The van der Waals surface area contributed by atoms with Gasteiger partial charge in [-0.3, -0.25) is 0 Å². The first-order chi connectivity index (χ1) is 16.4. The molecule has 4 rings (SSSR count). The minimum Gasteiger partial charge on any atom is -0.458 e. The maximum atomic E-state index is 12.2. The molecule has 9 nitrogen and oxygen atoms in total. The molecule has 0 spiro atoms. The third-order valence-electron chi connectivity index (χ3n) is 9.84. The molecule has 0 bridgehead atoms. The van der Waals surface area contributed by atoms with Crippen LogP contribution in [0.3, 0.4) is 0 Å². The third-order valence-corrected chi connectivity index (χ3v) is 9.84. The van der Waals surface area contributed by atoms with Crippen molar-refractivity contribution in [2.24, 2.45) is 22.7 Å². The summed E-state index contributed by atoms with van der Waals surface area (Å²) < 4.78 is 16.9. The van der Waals surface area contributed by atoms with Crippen LogP contribution in [0.4, 0.5) is 0 Å². The maximum Gasteiger partial charge on any atom is 0.334 e. The summed E-state index contributed by atoms with van der Waals surface area (Å²) in [6.45, 7) is 8.25. The van der Waals surface area contributed by atoms with E-state index in [0.717, 1.165) is 12.8 Å².